The summed E-state index contributed by atoms with van der Waals surface area (Å²) >= 11 is 0. The third-order valence-electron chi connectivity index (χ3n) is 3.50. The Bertz CT molecular complexity index is 151. The zero-order chi connectivity index (χ0) is 12.4. The topological polar surface area (TPSA) is 15.3 Å². The van der Waals surface area contributed by atoms with Crippen molar-refractivity contribution >= 4 is 0 Å². The fraction of sp³-hybridized carbons (Fsp3) is 1.00. The molecule has 2 fully saturated rings. The van der Waals surface area contributed by atoms with Crippen LogP contribution >= 0.6 is 0 Å². The van der Waals surface area contributed by atoms with Gasteiger partial charge in [-0.25, -0.2) is 0 Å². The van der Waals surface area contributed by atoms with E-state index < -0.39 is 0 Å². The van der Waals surface area contributed by atoms with E-state index in [2.05, 4.69) is 17.3 Å². The molecule has 2 heterocycles. The van der Waals surface area contributed by atoms with Gasteiger partial charge in [0.05, 0.1) is 0 Å². The lowest BCUT2D eigenvalue weighted by Crippen LogP contribution is -2.40. The molecule has 1 spiro atoms. The molecule has 0 aromatic rings. The normalized spacial score (nSPS) is 29.8. The third-order valence-corrected chi connectivity index (χ3v) is 3.50. The van der Waals surface area contributed by atoms with Gasteiger partial charge in [-0.05, 0) is 58.8 Å². The highest BCUT2D eigenvalue weighted by molar-refractivity contribution is 4.94. The van der Waals surface area contributed by atoms with E-state index >= 15 is 0 Å². The smallest absolute Gasteiger partial charge is 0.0194 e. The Morgan fingerprint density at radius 1 is 0.875 bits per heavy atom. The van der Waals surface area contributed by atoms with Gasteiger partial charge in [0.25, 0.3) is 0 Å². The maximum atomic E-state index is 3.71. The van der Waals surface area contributed by atoms with Crippen LogP contribution in [0.25, 0.3) is 0 Å². The highest BCUT2D eigenvalue weighted by Gasteiger charge is 2.33. The standard InChI is InChI=1S/C10H20N2.2C2H6/c1-12-8-3-5-10(6-9-12)4-2-7-11-10;2*1-2/h11H,2-9H2,1H3;2*1-2H3. The molecule has 98 valence electrons. The average molecular weight is 228 g/mol. The molecular formula is C14H32N2. The van der Waals surface area contributed by atoms with Crippen LogP contribution in [0.4, 0.5) is 0 Å². The SMILES string of the molecule is CC.CC.CN1CCCC2(CCCN2)CC1. The summed E-state index contributed by atoms with van der Waals surface area (Å²) in [6.45, 7) is 11.8. The molecule has 1 N–H and O–H groups in total. The minimum atomic E-state index is 0.546. The molecule has 0 saturated carbocycles. The number of likely N-dealkylation sites (tertiary alicyclic amines) is 1. The van der Waals surface area contributed by atoms with E-state index in [4.69, 9.17) is 0 Å². The Labute approximate surface area is 103 Å². The number of rotatable bonds is 0. The van der Waals surface area contributed by atoms with Gasteiger partial charge in [-0.15, -0.1) is 0 Å². The molecule has 0 amide bonds. The molecule has 0 aromatic carbocycles. The molecule has 2 saturated heterocycles. The third kappa shape index (κ3) is 4.84. The van der Waals surface area contributed by atoms with Crippen LogP contribution in [0.15, 0.2) is 0 Å². The zero-order valence-electron chi connectivity index (χ0n) is 12.1. The summed E-state index contributed by atoms with van der Waals surface area (Å²) in [6, 6.07) is 0. The van der Waals surface area contributed by atoms with E-state index in [1.54, 1.807) is 0 Å². The van der Waals surface area contributed by atoms with Crippen LogP contribution in [0.2, 0.25) is 0 Å². The Kier molecular flexibility index (Phi) is 8.96. The minimum Gasteiger partial charge on any atom is -0.311 e. The summed E-state index contributed by atoms with van der Waals surface area (Å²) in [5.74, 6) is 0. The van der Waals surface area contributed by atoms with Crippen molar-refractivity contribution in [2.24, 2.45) is 0 Å². The van der Waals surface area contributed by atoms with Crippen molar-refractivity contribution in [3.8, 4) is 0 Å². The fourth-order valence-corrected chi connectivity index (χ4v) is 2.62. The monoisotopic (exact) mass is 228 g/mol. The maximum absolute atomic E-state index is 3.71. The van der Waals surface area contributed by atoms with Crippen LogP contribution in [0.3, 0.4) is 0 Å². The van der Waals surface area contributed by atoms with Crippen LogP contribution in [0.1, 0.15) is 59.8 Å². The first-order valence-corrected chi connectivity index (χ1v) is 7.24. The molecule has 2 nitrogen and oxygen atoms in total. The zero-order valence-corrected chi connectivity index (χ0v) is 12.1. The largest absolute Gasteiger partial charge is 0.311 e. The molecule has 1 unspecified atom stereocenters. The van der Waals surface area contributed by atoms with Crippen molar-refractivity contribution < 1.29 is 0 Å². The fourth-order valence-electron chi connectivity index (χ4n) is 2.62. The average Bonchev–Trinajstić information content (AvgIpc) is 2.73. The Hall–Kier alpha value is -0.0800. The van der Waals surface area contributed by atoms with Gasteiger partial charge < -0.3 is 10.2 Å². The van der Waals surface area contributed by atoms with Crippen LogP contribution in [-0.2, 0) is 0 Å². The van der Waals surface area contributed by atoms with Crippen molar-refractivity contribution in [2.75, 3.05) is 26.7 Å². The highest BCUT2D eigenvalue weighted by atomic mass is 15.1. The first kappa shape index (κ1) is 15.9. The van der Waals surface area contributed by atoms with Gasteiger partial charge in [-0.3, -0.25) is 0 Å². The lowest BCUT2D eigenvalue weighted by molar-refractivity contribution is 0.307. The summed E-state index contributed by atoms with van der Waals surface area (Å²) in [5.41, 5.74) is 0.546. The van der Waals surface area contributed by atoms with E-state index in [-0.39, 0.29) is 0 Å². The van der Waals surface area contributed by atoms with Crippen molar-refractivity contribution in [2.45, 2.75) is 65.3 Å². The molecule has 2 aliphatic heterocycles. The molecule has 0 aromatic heterocycles. The molecule has 16 heavy (non-hydrogen) atoms. The van der Waals surface area contributed by atoms with Gasteiger partial charge in [0.2, 0.25) is 0 Å². The summed E-state index contributed by atoms with van der Waals surface area (Å²) in [5, 5.41) is 3.71. The number of nitrogens with one attached hydrogen (secondary N) is 1. The summed E-state index contributed by atoms with van der Waals surface area (Å²) in [4.78, 5) is 2.47. The minimum absolute atomic E-state index is 0.546. The van der Waals surface area contributed by atoms with Gasteiger partial charge in [0.15, 0.2) is 0 Å². The second-order valence-corrected chi connectivity index (χ2v) is 4.47. The van der Waals surface area contributed by atoms with Gasteiger partial charge in [-0.2, -0.15) is 0 Å². The number of hydrogen-bond donors (Lipinski definition) is 1. The van der Waals surface area contributed by atoms with Crippen LogP contribution < -0.4 is 5.32 Å². The Morgan fingerprint density at radius 2 is 1.50 bits per heavy atom. The first-order valence-electron chi connectivity index (χ1n) is 7.24. The molecule has 2 rings (SSSR count). The van der Waals surface area contributed by atoms with Crippen molar-refractivity contribution in [1.82, 2.24) is 10.2 Å². The van der Waals surface area contributed by atoms with E-state index in [1.807, 2.05) is 27.7 Å². The van der Waals surface area contributed by atoms with E-state index in [0.717, 1.165) is 0 Å². The summed E-state index contributed by atoms with van der Waals surface area (Å²) < 4.78 is 0. The van der Waals surface area contributed by atoms with Gasteiger partial charge in [0, 0.05) is 5.54 Å². The number of hydrogen-bond acceptors (Lipinski definition) is 2. The predicted octanol–water partition coefficient (Wildman–Crippen LogP) is 3.28. The molecule has 0 radical (unpaired) electrons. The summed E-state index contributed by atoms with van der Waals surface area (Å²) in [6.07, 6.45) is 6.95. The quantitative estimate of drug-likeness (QED) is 0.684. The van der Waals surface area contributed by atoms with Crippen molar-refractivity contribution in [3.63, 3.8) is 0 Å². The molecule has 1 atom stereocenters. The Balaban J connectivity index is 0.000000509. The second kappa shape index (κ2) is 9.00. The first-order chi connectivity index (χ1) is 7.81. The van der Waals surface area contributed by atoms with E-state index in [1.165, 1.54) is 51.7 Å². The van der Waals surface area contributed by atoms with Crippen molar-refractivity contribution in [3.05, 3.63) is 0 Å². The predicted molar refractivity (Wildman–Crippen MR) is 74.0 cm³/mol. The van der Waals surface area contributed by atoms with Crippen LogP contribution in [-0.4, -0.2) is 37.1 Å². The molecular weight excluding hydrogens is 196 g/mol. The Morgan fingerprint density at radius 3 is 2.06 bits per heavy atom. The van der Waals surface area contributed by atoms with Crippen LogP contribution in [0.5, 0.6) is 0 Å². The highest BCUT2D eigenvalue weighted by Crippen LogP contribution is 2.30. The van der Waals surface area contributed by atoms with Gasteiger partial charge in [-0.1, -0.05) is 27.7 Å². The van der Waals surface area contributed by atoms with Crippen molar-refractivity contribution in [1.29, 1.82) is 0 Å². The molecule has 0 aliphatic carbocycles. The van der Waals surface area contributed by atoms with E-state index in [0.29, 0.717) is 5.54 Å². The lowest BCUT2D eigenvalue weighted by Gasteiger charge is -2.27. The number of nitrogens with zero attached hydrogens (tertiary/aromatic N) is 1. The molecule has 0 bridgehead atoms. The summed E-state index contributed by atoms with van der Waals surface area (Å²) in [7, 11) is 2.24. The second-order valence-electron chi connectivity index (χ2n) is 4.47. The van der Waals surface area contributed by atoms with Crippen LogP contribution in [0, 0.1) is 0 Å². The maximum Gasteiger partial charge on any atom is 0.0194 e. The lowest BCUT2D eigenvalue weighted by atomic mass is 9.89. The molecule has 2 aliphatic rings. The van der Waals surface area contributed by atoms with E-state index in [9.17, 15) is 0 Å². The molecule has 2 heteroatoms. The van der Waals surface area contributed by atoms with Gasteiger partial charge >= 0.3 is 0 Å². The van der Waals surface area contributed by atoms with Gasteiger partial charge in [0.1, 0.15) is 0 Å².